The number of aryl methyl sites for hydroxylation is 3. The molecule has 0 fully saturated rings. The highest BCUT2D eigenvalue weighted by Crippen LogP contribution is 2.12. The average Bonchev–Trinajstić information content (AvgIpc) is 3.16. The van der Waals surface area contributed by atoms with Gasteiger partial charge < -0.3 is 5.32 Å². The Morgan fingerprint density at radius 3 is 2.62 bits per heavy atom. The first-order valence-electron chi connectivity index (χ1n) is 8.00. The number of benzene rings is 1. The van der Waals surface area contributed by atoms with Crippen LogP contribution in [0, 0.1) is 13.8 Å². The number of aromatic nitrogens is 4. The predicted octanol–water partition coefficient (Wildman–Crippen LogP) is 3.02. The van der Waals surface area contributed by atoms with Crippen molar-refractivity contribution >= 4 is 11.7 Å². The third-order valence-corrected chi connectivity index (χ3v) is 3.99. The minimum absolute atomic E-state index is 0.187. The first-order valence-corrected chi connectivity index (χ1v) is 8.00. The molecule has 1 amide bonds. The molecule has 2 aromatic heterocycles. The lowest BCUT2D eigenvalue weighted by atomic mass is 10.1. The number of carbonyl (C=O) groups excluding carboxylic acids is 1. The number of hydrogen-bond acceptors (Lipinski definition) is 3. The van der Waals surface area contributed by atoms with E-state index in [1.165, 1.54) is 11.1 Å². The second kappa shape index (κ2) is 6.70. The van der Waals surface area contributed by atoms with Crippen molar-refractivity contribution in [3.05, 3.63) is 65.1 Å². The first kappa shape index (κ1) is 16.0. The number of nitrogens with one attached hydrogen (secondary N) is 1. The van der Waals surface area contributed by atoms with Crippen LogP contribution in [0.4, 0.5) is 5.82 Å². The molecule has 3 aromatic rings. The van der Waals surface area contributed by atoms with Crippen LogP contribution in [0.2, 0.25) is 0 Å². The molecular weight excluding hydrogens is 302 g/mol. The maximum Gasteiger partial charge on any atom is 0.260 e. The van der Waals surface area contributed by atoms with Crippen LogP contribution < -0.4 is 5.32 Å². The van der Waals surface area contributed by atoms with Crippen LogP contribution >= 0.6 is 0 Å². The minimum atomic E-state index is -0.187. The number of rotatable bonds is 5. The van der Waals surface area contributed by atoms with E-state index < -0.39 is 0 Å². The van der Waals surface area contributed by atoms with Gasteiger partial charge in [-0.3, -0.25) is 14.2 Å². The predicted molar refractivity (Wildman–Crippen MR) is 93.1 cm³/mol. The van der Waals surface area contributed by atoms with E-state index in [0.717, 1.165) is 6.54 Å². The van der Waals surface area contributed by atoms with E-state index in [1.807, 2.05) is 36.9 Å². The minimum Gasteiger partial charge on any atom is -0.305 e. The third kappa shape index (κ3) is 3.37. The second-order valence-electron chi connectivity index (χ2n) is 5.76. The van der Waals surface area contributed by atoms with Gasteiger partial charge in [0.05, 0.1) is 17.8 Å². The summed E-state index contributed by atoms with van der Waals surface area (Å²) in [7, 11) is 0. The molecule has 0 aliphatic carbocycles. The summed E-state index contributed by atoms with van der Waals surface area (Å²) < 4.78 is 3.57. The normalized spacial score (nSPS) is 10.8. The molecule has 0 spiro atoms. The number of nitrogens with zero attached hydrogens (tertiary/aromatic N) is 4. The van der Waals surface area contributed by atoms with Gasteiger partial charge in [0, 0.05) is 25.0 Å². The summed E-state index contributed by atoms with van der Waals surface area (Å²) in [5, 5.41) is 11.6. The molecule has 3 rings (SSSR count). The molecule has 6 heteroatoms. The summed E-state index contributed by atoms with van der Waals surface area (Å²) in [4.78, 5) is 12.4. The van der Waals surface area contributed by atoms with Crippen molar-refractivity contribution in [2.24, 2.45) is 0 Å². The van der Waals surface area contributed by atoms with Gasteiger partial charge >= 0.3 is 0 Å². The molecule has 0 radical (unpaired) electrons. The summed E-state index contributed by atoms with van der Waals surface area (Å²) in [6.45, 7) is 7.31. The summed E-state index contributed by atoms with van der Waals surface area (Å²) in [5.74, 6) is 0.352. The highest BCUT2D eigenvalue weighted by Gasteiger charge is 2.14. The first-order chi connectivity index (χ1) is 11.6. The fourth-order valence-corrected chi connectivity index (χ4v) is 2.56. The van der Waals surface area contributed by atoms with Crippen LogP contribution in [-0.2, 0) is 13.1 Å². The van der Waals surface area contributed by atoms with Gasteiger partial charge in [-0.05, 0) is 31.9 Å². The van der Waals surface area contributed by atoms with Crippen molar-refractivity contribution in [2.75, 3.05) is 5.32 Å². The molecule has 6 nitrogen and oxygen atoms in total. The van der Waals surface area contributed by atoms with Crippen molar-refractivity contribution in [1.82, 2.24) is 19.6 Å². The molecular formula is C18H21N5O. The number of amides is 1. The number of hydrogen-bond donors (Lipinski definition) is 1. The highest BCUT2D eigenvalue weighted by molar-refractivity contribution is 6.04. The van der Waals surface area contributed by atoms with E-state index in [0.29, 0.717) is 23.6 Å². The van der Waals surface area contributed by atoms with Crippen LogP contribution in [-0.4, -0.2) is 25.5 Å². The average molecular weight is 323 g/mol. The zero-order valence-corrected chi connectivity index (χ0v) is 14.2. The monoisotopic (exact) mass is 323 g/mol. The van der Waals surface area contributed by atoms with E-state index >= 15 is 0 Å². The Kier molecular flexibility index (Phi) is 4.46. The topological polar surface area (TPSA) is 64.7 Å². The Morgan fingerprint density at radius 2 is 1.92 bits per heavy atom. The Morgan fingerprint density at radius 1 is 1.12 bits per heavy atom. The van der Waals surface area contributed by atoms with Gasteiger partial charge in [0.2, 0.25) is 0 Å². The lowest BCUT2D eigenvalue weighted by Gasteiger charge is -2.05. The quantitative estimate of drug-likeness (QED) is 0.785. The van der Waals surface area contributed by atoms with Crippen LogP contribution in [0.25, 0.3) is 0 Å². The van der Waals surface area contributed by atoms with Crippen molar-refractivity contribution < 1.29 is 4.79 Å². The lowest BCUT2D eigenvalue weighted by molar-refractivity contribution is 0.102. The smallest absolute Gasteiger partial charge is 0.260 e. The zero-order chi connectivity index (χ0) is 17.1. The van der Waals surface area contributed by atoms with Gasteiger partial charge in [0.1, 0.15) is 0 Å². The van der Waals surface area contributed by atoms with E-state index in [-0.39, 0.29) is 5.91 Å². The van der Waals surface area contributed by atoms with Crippen molar-refractivity contribution in [2.45, 2.75) is 33.9 Å². The van der Waals surface area contributed by atoms with E-state index in [9.17, 15) is 4.79 Å². The van der Waals surface area contributed by atoms with E-state index in [2.05, 4.69) is 34.6 Å². The Hall–Kier alpha value is -2.89. The van der Waals surface area contributed by atoms with Crippen molar-refractivity contribution in [1.29, 1.82) is 0 Å². The van der Waals surface area contributed by atoms with Gasteiger partial charge in [0.15, 0.2) is 5.82 Å². The zero-order valence-electron chi connectivity index (χ0n) is 14.2. The molecule has 0 atom stereocenters. The standard InChI is InChI=1S/C18H21N5O/c1-4-22-12-16(14(3)20-22)18(24)19-17-9-10-23(21-17)11-15-8-6-5-7-13(15)2/h5-10,12H,4,11H2,1-3H3,(H,19,21,24). The Labute approximate surface area is 141 Å². The lowest BCUT2D eigenvalue weighted by Crippen LogP contribution is -2.13. The summed E-state index contributed by atoms with van der Waals surface area (Å²) in [6, 6.07) is 10.00. The molecule has 1 N–H and O–H groups in total. The van der Waals surface area contributed by atoms with Gasteiger partial charge in [0.25, 0.3) is 5.91 Å². The maximum absolute atomic E-state index is 12.4. The molecule has 2 heterocycles. The number of carbonyl (C=O) groups is 1. The molecule has 24 heavy (non-hydrogen) atoms. The Balaban J connectivity index is 1.70. The summed E-state index contributed by atoms with van der Waals surface area (Å²) in [5.41, 5.74) is 3.72. The van der Waals surface area contributed by atoms with Gasteiger partial charge in [-0.1, -0.05) is 24.3 Å². The Bertz CT molecular complexity index is 862. The fraction of sp³-hybridized carbons (Fsp3) is 0.278. The summed E-state index contributed by atoms with van der Waals surface area (Å²) >= 11 is 0. The molecule has 1 aromatic carbocycles. The van der Waals surface area contributed by atoms with Crippen molar-refractivity contribution in [3.8, 4) is 0 Å². The number of anilines is 1. The molecule has 0 bridgehead atoms. The maximum atomic E-state index is 12.4. The summed E-state index contributed by atoms with van der Waals surface area (Å²) in [6.07, 6.45) is 3.62. The van der Waals surface area contributed by atoms with Crippen LogP contribution in [0.3, 0.4) is 0 Å². The van der Waals surface area contributed by atoms with Gasteiger partial charge in [-0.15, -0.1) is 0 Å². The molecule has 0 aliphatic rings. The van der Waals surface area contributed by atoms with Crippen LogP contribution in [0.1, 0.15) is 34.1 Å². The van der Waals surface area contributed by atoms with Crippen LogP contribution in [0.15, 0.2) is 42.7 Å². The molecule has 0 aliphatic heterocycles. The third-order valence-electron chi connectivity index (χ3n) is 3.99. The largest absolute Gasteiger partial charge is 0.305 e. The van der Waals surface area contributed by atoms with Crippen LogP contribution in [0.5, 0.6) is 0 Å². The second-order valence-corrected chi connectivity index (χ2v) is 5.76. The van der Waals surface area contributed by atoms with Crippen molar-refractivity contribution in [3.63, 3.8) is 0 Å². The van der Waals surface area contributed by atoms with E-state index in [1.54, 1.807) is 16.9 Å². The molecule has 0 saturated carbocycles. The SMILES string of the molecule is CCn1cc(C(=O)Nc2ccn(Cc3ccccc3C)n2)c(C)n1. The van der Waals surface area contributed by atoms with Gasteiger partial charge in [-0.25, -0.2) is 0 Å². The fourth-order valence-electron chi connectivity index (χ4n) is 2.56. The highest BCUT2D eigenvalue weighted by atomic mass is 16.1. The van der Waals surface area contributed by atoms with Gasteiger partial charge in [-0.2, -0.15) is 10.2 Å². The molecule has 0 saturated heterocycles. The molecule has 0 unspecified atom stereocenters. The van der Waals surface area contributed by atoms with E-state index in [4.69, 9.17) is 0 Å². The molecule has 124 valence electrons.